The van der Waals surface area contributed by atoms with E-state index in [9.17, 15) is 13.2 Å². The Morgan fingerprint density at radius 2 is 1.77 bits per heavy atom. The van der Waals surface area contributed by atoms with E-state index in [2.05, 4.69) is 0 Å². The van der Waals surface area contributed by atoms with Crippen molar-refractivity contribution in [1.82, 2.24) is 4.90 Å². The van der Waals surface area contributed by atoms with Crippen LogP contribution in [0.3, 0.4) is 0 Å². The summed E-state index contributed by atoms with van der Waals surface area (Å²) >= 11 is 0. The number of amides is 1. The molecule has 0 saturated carbocycles. The molecule has 1 aliphatic rings. The maximum atomic E-state index is 12.3. The van der Waals surface area contributed by atoms with Gasteiger partial charge in [0, 0.05) is 24.8 Å². The van der Waals surface area contributed by atoms with Gasteiger partial charge in [-0.1, -0.05) is 32.9 Å². The van der Waals surface area contributed by atoms with Gasteiger partial charge < -0.3 is 4.90 Å². The molecule has 1 aliphatic heterocycles. The first-order valence-electron chi connectivity index (χ1n) is 7.68. The number of nitrogens with zero attached hydrogens (tertiary/aromatic N) is 1. The molecule has 0 spiro atoms. The number of hydrogen-bond acceptors (Lipinski definition) is 3. The van der Waals surface area contributed by atoms with Gasteiger partial charge in [0.25, 0.3) is 0 Å². The van der Waals surface area contributed by atoms with Gasteiger partial charge in [0.2, 0.25) is 5.91 Å². The highest BCUT2D eigenvalue weighted by atomic mass is 32.2. The third-order valence-corrected chi connectivity index (χ3v) is 5.29. The van der Waals surface area contributed by atoms with E-state index in [-0.39, 0.29) is 11.3 Å². The highest BCUT2D eigenvalue weighted by molar-refractivity contribution is 7.90. The second-order valence-corrected chi connectivity index (χ2v) is 9.18. The summed E-state index contributed by atoms with van der Waals surface area (Å²) in [5.41, 5.74) is 0.717. The monoisotopic (exact) mass is 323 g/mol. The van der Waals surface area contributed by atoms with Crippen molar-refractivity contribution in [2.75, 3.05) is 19.3 Å². The first kappa shape index (κ1) is 17.0. The molecule has 1 heterocycles. The van der Waals surface area contributed by atoms with E-state index in [1.165, 1.54) is 6.26 Å². The van der Waals surface area contributed by atoms with Crippen molar-refractivity contribution in [3.05, 3.63) is 29.8 Å². The normalized spacial score (nSPS) is 17.5. The van der Waals surface area contributed by atoms with Gasteiger partial charge in [-0.2, -0.15) is 0 Å². The van der Waals surface area contributed by atoms with Crippen LogP contribution in [0.15, 0.2) is 29.2 Å². The van der Waals surface area contributed by atoms with Crippen LogP contribution in [0, 0.1) is 5.41 Å². The van der Waals surface area contributed by atoms with Gasteiger partial charge in [0.05, 0.1) is 4.90 Å². The van der Waals surface area contributed by atoms with Crippen LogP contribution < -0.4 is 0 Å². The van der Waals surface area contributed by atoms with Crippen molar-refractivity contribution >= 4 is 15.7 Å². The fourth-order valence-electron chi connectivity index (χ4n) is 2.89. The summed E-state index contributed by atoms with van der Waals surface area (Å²) in [6.45, 7) is 7.30. The van der Waals surface area contributed by atoms with E-state index in [1.54, 1.807) is 18.2 Å². The predicted molar refractivity (Wildman–Crippen MR) is 87.6 cm³/mol. The molecule has 5 heteroatoms. The molecular formula is C17H25NO3S. The quantitative estimate of drug-likeness (QED) is 0.841. The first-order valence-corrected chi connectivity index (χ1v) is 9.57. The number of rotatable bonds is 2. The average Bonchev–Trinajstić information content (AvgIpc) is 2.45. The highest BCUT2D eigenvalue weighted by Crippen LogP contribution is 2.31. The third kappa shape index (κ3) is 3.88. The van der Waals surface area contributed by atoms with Gasteiger partial charge in [0.1, 0.15) is 0 Å². The van der Waals surface area contributed by atoms with E-state index >= 15 is 0 Å². The summed E-state index contributed by atoms with van der Waals surface area (Å²) in [6.07, 6.45) is 3.00. The summed E-state index contributed by atoms with van der Waals surface area (Å²) in [7, 11) is -3.17. The molecule has 0 N–H and O–H groups in total. The van der Waals surface area contributed by atoms with E-state index in [4.69, 9.17) is 0 Å². The van der Waals surface area contributed by atoms with Gasteiger partial charge in [0.15, 0.2) is 9.84 Å². The molecule has 22 heavy (non-hydrogen) atoms. The largest absolute Gasteiger partial charge is 0.342 e. The van der Waals surface area contributed by atoms with Crippen molar-refractivity contribution < 1.29 is 13.2 Å². The van der Waals surface area contributed by atoms with Crippen LogP contribution in [0.1, 0.15) is 45.1 Å². The van der Waals surface area contributed by atoms with Crippen LogP contribution in [-0.4, -0.2) is 38.6 Å². The fourth-order valence-corrected chi connectivity index (χ4v) is 3.57. The topological polar surface area (TPSA) is 54.5 Å². The molecular weight excluding hydrogens is 298 g/mol. The Morgan fingerprint density at radius 3 is 2.27 bits per heavy atom. The van der Waals surface area contributed by atoms with Crippen LogP contribution in [0.5, 0.6) is 0 Å². The SMILES string of the molecule is CC(C)(C)C(=O)N1CCC(c2cccc(S(C)(=O)=O)c2)CC1. The molecule has 1 fully saturated rings. The van der Waals surface area contributed by atoms with E-state index in [1.807, 2.05) is 31.7 Å². The summed E-state index contributed by atoms with van der Waals surface area (Å²) in [5, 5.41) is 0. The van der Waals surface area contributed by atoms with E-state index in [0.29, 0.717) is 10.8 Å². The molecule has 1 amide bonds. The molecule has 122 valence electrons. The van der Waals surface area contributed by atoms with E-state index in [0.717, 1.165) is 31.5 Å². The number of benzene rings is 1. The molecule has 4 nitrogen and oxygen atoms in total. The Bertz CT molecular complexity index is 651. The second kappa shape index (κ2) is 6.03. The molecule has 0 aliphatic carbocycles. The lowest BCUT2D eigenvalue weighted by Gasteiger charge is -2.36. The zero-order valence-corrected chi connectivity index (χ0v) is 14.6. The van der Waals surface area contributed by atoms with Crippen molar-refractivity contribution in [2.45, 2.75) is 44.4 Å². The summed E-state index contributed by atoms with van der Waals surface area (Å²) in [4.78, 5) is 14.6. The van der Waals surface area contributed by atoms with Gasteiger partial charge >= 0.3 is 0 Å². The minimum atomic E-state index is -3.17. The molecule has 0 bridgehead atoms. The number of piperidine rings is 1. The zero-order chi connectivity index (χ0) is 16.5. The summed E-state index contributed by atoms with van der Waals surface area (Å²) in [6, 6.07) is 7.21. The maximum Gasteiger partial charge on any atom is 0.227 e. The lowest BCUT2D eigenvalue weighted by molar-refractivity contribution is -0.140. The number of carbonyl (C=O) groups is 1. The third-order valence-electron chi connectivity index (χ3n) is 4.18. The summed E-state index contributed by atoms with van der Waals surface area (Å²) < 4.78 is 23.3. The van der Waals surface area contributed by atoms with Gasteiger partial charge in [-0.25, -0.2) is 8.42 Å². The number of hydrogen-bond donors (Lipinski definition) is 0. The molecule has 0 radical (unpaired) electrons. The van der Waals surface area contributed by atoms with Crippen molar-refractivity contribution in [3.8, 4) is 0 Å². The standard InChI is InChI=1S/C17H25NO3S/c1-17(2,3)16(19)18-10-8-13(9-11-18)14-6-5-7-15(12-14)22(4,20)21/h5-7,12-13H,8-11H2,1-4H3. The zero-order valence-electron chi connectivity index (χ0n) is 13.8. The smallest absolute Gasteiger partial charge is 0.227 e. The van der Waals surface area contributed by atoms with Crippen molar-refractivity contribution in [1.29, 1.82) is 0 Å². The maximum absolute atomic E-state index is 12.3. The van der Waals surface area contributed by atoms with Crippen molar-refractivity contribution in [2.24, 2.45) is 5.41 Å². The molecule has 0 unspecified atom stereocenters. The van der Waals surface area contributed by atoms with Gasteiger partial charge in [-0.05, 0) is 36.5 Å². The number of sulfone groups is 1. The van der Waals surface area contributed by atoms with E-state index < -0.39 is 9.84 Å². The van der Waals surface area contributed by atoms with Gasteiger partial charge in [-0.3, -0.25) is 4.79 Å². The molecule has 1 aromatic carbocycles. The fraction of sp³-hybridized carbons (Fsp3) is 0.588. The van der Waals surface area contributed by atoms with Gasteiger partial charge in [-0.15, -0.1) is 0 Å². The Labute approximate surface area is 133 Å². The Kier molecular flexibility index (Phi) is 4.66. The lowest BCUT2D eigenvalue weighted by Crippen LogP contribution is -2.43. The van der Waals surface area contributed by atoms with Crippen LogP contribution in [0.4, 0.5) is 0 Å². The van der Waals surface area contributed by atoms with Crippen LogP contribution in [0.25, 0.3) is 0 Å². The molecule has 1 saturated heterocycles. The van der Waals surface area contributed by atoms with Crippen LogP contribution in [-0.2, 0) is 14.6 Å². The molecule has 0 aromatic heterocycles. The molecule has 2 rings (SSSR count). The van der Waals surface area contributed by atoms with Crippen molar-refractivity contribution in [3.63, 3.8) is 0 Å². The van der Waals surface area contributed by atoms with Crippen LogP contribution >= 0.6 is 0 Å². The Morgan fingerprint density at radius 1 is 1.18 bits per heavy atom. The van der Waals surface area contributed by atoms with Crippen LogP contribution in [0.2, 0.25) is 0 Å². The Balaban J connectivity index is 2.08. The Hall–Kier alpha value is -1.36. The first-order chi connectivity index (χ1) is 10.1. The number of likely N-dealkylation sites (tertiary alicyclic amines) is 1. The highest BCUT2D eigenvalue weighted by Gasteiger charge is 2.30. The average molecular weight is 323 g/mol. The minimum Gasteiger partial charge on any atom is -0.342 e. The second-order valence-electron chi connectivity index (χ2n) is 7.16. The minimum absolute atomic E-state index is 0.191. The lowest BCUT2D eigenvalue weighted by atomic mass is 9.87. The summed E-state index contributed by atoms with van der Waals surface area (Å²) in [5.74, 6) is 0.515. The predicted octanol–water partition coefficient (Wildman–Crippen LogP) is 2.84. The number of carbonyl (C=O) groups excluding carboxylic acids is 1. The molecule has 1 aromatic rings. The molecule has 0 atom stereocenters.